The topological polar surface area (TPSA) is 25.0 Å². The SMILES string of the molecule is c1ccc2c(COC3CCC3)c[nH]c2c1. The van der Waals surface area contributed by atoms with Crippen molar-refractivity contribution in [2.45, 2.75) is 32.0 Å². The Hall–Kier alpha value is -1.28. The number of hydrogen-bond donors (Lipinski definition) is 1. The number of aromatic amines is 1. The first-order valence-electron chi connectivity index (χ1n) is 5.60. The maximum atomic E-state index is 5.81. The monoisotopic (exact) mass is 201 g/mol. The average Bonchev–Trinajstić information content (AvgIpc) is 2.60. The van der Waals surface area contributed by atoms with Gasteiger partial charge < -0.3 is 9.72 Å². The molecule has 0 amide bonds. The van der Waals surface area contributed by atoms with Crippen molar-refractivity contribution < 1.29 is 4.74 Å². The molecule has 15 heavy (non-hydrogen) atoms. The van der Waals surface area contributed by atoms with E-state index in [-0.39, 0.29) is 0 Å². The van der Waals surface area contributed by atoms with Crippen molar-refractivity contribution in [1.82, 2.24) is 4.98 Å². The molecular weight excluding hydrogens is 186 g/mol. The first-order valence-corrected chi connectivity index (χ1v) is 5.60. The van der Waals surface area contributed by atoms with Gasteiger partial charge in [0.15, 0.2) is 0 Å². The van der Waals surface area contributed by atoms with E-state index in [0.717, 1.165) is 6.61 Å². The number of benzene rings is 1. The highest BCUT2D eigenvalue weighted by molar-refractivity contribution is 5.82. The number of para-hydroxylation sites is 1. The Kier molecular flexibility index (Phi) is 2.22. The van der Waals surface area contributed by atoms with E-state index in [2.05, 4.69) is 35.4 Å². The van der Waals surface area contributed by atoms with Gasteiger partial charge in [0.2, 0.25) is 0 Å². The summed E-state index contributed by atoms with van der Waals surface area (Å²) in [5, 5.41) is 1.29. The molecule has 0 bridgehead atoms. The smallest absolute Gasteiger partial charge is 0.0741 e. The van der Waals surface area contributed by atoms with Crippen molar-refractivity contribution in [2.24, 2.45) is 0 Å². The molecule has 0 aliphatic heterocycles. The molecule has 1 aromatic carbocycles. The van der Waals surface area contributed by atoms with Gasteiger partial charge in [-0.05, 0) is 25.3 Å². The van der Waals surface area contributed by atoms with Crippen molar-refractivity contribution >= 4 is 10.9 Å². The number of ether oxygens (including phenoxy) is 1. The van der Waals surface area contributed by atoms with Gasteiger partial charge in [-0.15, -0.1) is 0 Å². The van der Waals surface area contributed by atoms with Crippen LogP contribution in [0.1, 0.15) is 24.8 Å². The van der Waals surface area contributed by atoms with Gasteiger partial charge in [0.1, 0.15) is 0 Å². The predicted octanol–water partition coefficient (Wildman–Crippen LogP) is 3.24. The summed E-state index contributed by atoms with van der Waals surface area (Å²) in [4.78, 5) is 3.27. The van der Waals surface area contributed by atoms with Gasteiger partial charge in [-0.3, -0.25) is 0 Å². The minimum absolute atomic E-state index is 0.513. The third-order valence-electron chi connectivity index (χ3n) is 3.20. The maximum Gasteiger partial charge on any atom is 0.0741 e. The highest BCUT2D eigenvalue weighted by Crippen LogP contribution is 2.25. The maximum absolute atomic E-state index is 5.81. The molecule has 2 aromatic rings. The van der Waals surface area contributed by atoms with Gasteiger partial charge in [0.05, 0.1) is 12.7 Å². The second-order valence-electron chi connectivity index (χ2n) is 4.22. The molecular formula is C13H15NO. The lowest BCUT2D eigenvalue weighted by atomic mass is 9.96. The molecule has 2 heteroatoms. The summed E-state index contributed by atoms with van der Waals surface area (Å²) in [5.41, 5.74) is 2.47. The largest absolute Gasteiger partial charge is 0.373 e. The molecule has 1 N–H and O–H groups in total. The Morgan fingerprint density at radius 2 is 2.13 bits per heavy atom. The van der Waals surface area contributed by atoms with Crippen molar-refractivity contribution in [3.63, 3.8) is 0 Å². The number of nitrogens with one attached hydrogen (secondary N) is 1. The quantitative estimate of drug-likeness (QED) is 0.810. The Morgan fingerprint density at radius 3 is 2.93 bits per heavy atom. The predicted molar refractivity (Wildman–Crippen MR) is 60.7 cm³/mol. The van der Waals surface area contributed by atoms with Crippen molar-refractivity contribution in [3.8, 4) is 0 Å². The van der Waals surface area contributed by atoms with Crippen LogP contribution in [0.15, 0.2) is 30.5 Å². The number of H-pyrrole nitrogens is 1. The van der Waals surface area contributed by atoms with Crippen molar-refractivity contribution in [1.29, 1.82) is 0 Å². The van der Waals surface area contributed by atoms with Crippen LogP contribution in [0.25, 0.3) is 10.9 Å². The summed E-state index contributed by atoms with van der Waals surface area (Å²) in [6.45, 7) is 0.745. The first kappa shape index (κ1) is 8.98. The molecule has 1 saturated carbocycles. The lowest BCUT2D eigenvalue weighted by Gasteiger charge is -2.25. The summed E-state index contributed by atoms with van der Waals surface area (Å²) < 4.78 is 5.81. The third-order valence-corrected chi connectivity index (χ3v) is 3.20. The molecule has 1 aliphatic carbocycles. The molecule has 0 radical (unpaired) electrons. The standard InChI is InChI=1S/C13H15NO/c1-2-7-13-12(6-1)10(8-14-13)9-15-11-4-3-5-11/h1-2,6-8,11,14H,3-5,9H2. The van der Waals surface area contributed by atoms with Gasteiger partial charge in [-0.25, -0.2) is 0 Å². The number of hydrogen-bond acceptors (Lipinski definition) is 1. The van der Waals surface area contributed by atoms with Gasteiger partial charge >= 0.3 is 0 Å². The van der Waals surface area contributed by atoms with Crippen LogP contribution in [0.3, 0.4) is 0 Å². The molecule has 0 saturated heterocycles. The Labute approximate surface area is 89.3 Å². The second kappa shape index (κ2) is 3.70. The van der Waals surface area contributed by atoms with E-state index in [1.807, 2.05) is 0 Å². The number of fused-ring (bicyclic) bond motifs is 1. The fraction of sp³-hybridized carbons (Fsp3) is 0.385. The van der Waals surface area contributed by atoms with Gasteiger partial charge in [-0.2, -0.15) is 0 Å². The summed E-state index contributed by atoms with van der Waals surface area (Å²) in [7, 11) is 0. The number of aromatic nitrogens is 1. The molecule has 0 spiro atoms. The summed E-state index contributed by atoms with van der Waals surface area (Å²) in [5.74, 6) is 0. The van der Waals surface area contributed by atoms with Crippen LogP contribution in [-0.2, 0) is 11.3 Å². The van der Waals surface area contributed by atoms with Crippen LogP contribution in [0.4, 0.5) is 0 Å². The van der Waals surface area contributed by atoms with E-state index in [0.29, 0.717) is 6.10 Å². The first-order chi connectivity index (χ1) is 7.43. The fourth-order valence-corrected chi connectivity index (χ4v) is 2.00. The summed E-state index contributed by atoms with van der Waals surface area (Å²) in [6, 6.07) is 8.37. The lowest BCUT2D eigenvalue weighted by molar-refractivity contribution is -0.00817. The molecule has 78 valence electrons. The van der Waals surface area contributed by atoms with Crippen LogP contribution >= 0.6 is 0 Å². The Morgan fingerprint density at radius 1 is 1.27 bits per heavy atom. The van der Waals surface area contributed by atoms with E-state index in [1.165, 1.54) is 35.7 Å². The van der Waals surface area contributed by atoms with E-state index >= 15 is 0 Å². The van der Waals surface area contributed by atoms with E-state index in [1.54, 1.807) is 0 Å². The van der Waals surface area contributed by atoms with E-state index in [9.17, 15) is 0 Å². The molecule has 3 rings (SSSR count). The normalized spacial score (nSPS) is 16.8. The highest BCUT2D eigenvalue weighted by Gasteiger charge is 2.18. The highest BCUT2D eigenvalue weighted by atomic mass is 16.5. The van der Waals surface area contributed by atoms with Gasteiger partial charge in [0, 0.05) is 22.7 Å². The number of rotatable bonds is 3. The second-order valence-corrected chi connectivity index (χ2v) is 4.22. The summed E-state index contributed by atoms with van der Waals surface area (Å²) in [6.07, 6.45) is 6.38. The fourth-order valence-electron chi connectivity index (χ4n) is 2.00. The summed E-state index contributed by atoms with van der Waals surface area (Å²) >= 11 is 0. The minimum atomic E-state index is 0.513. The van der Waals surface area contributed by atoms with Crippen LogP contribution in [-0.4, -0.2) is 11.1 Å². The molecule has 1 heterocycles. The van der Waals surface area contributed by atoms with Crippen LogP contribution < -0.4 is 0 Å². The van der Waals surface area contributed by atoms with Crippen LogP contribution in [0, 0.1) is 0 Å². The van der Waals surface area contributed by atoms with Crippen molar-refractivity contribution in [2.75, 3.05) is 0 Å². The Bertz CT molecular complexity index is 456. The minimum Gasteiger partial charge on any atom is -0.373 e. The molecule has 0 atom stereocenters. The zero-order valence-electron chi connectivity index (χ0n) is 8.70. The van der Waals surface area contributed by atoms with Gasteiger partial charge in [0.25, 0.3) is 0 Å². The van der Waals surface area contributed by atoms with Crippen LogP contribution in [0.5, 0.6) is 0 Å². The average molecular weight is 201 g/mol. The van der Waals surface area contributed by atoms with E-state index < -0.39 is 0 Å². The molecule has 1 aliphatic rings. The zero-order chi connectivity index (χ0) is 10.1. The van der Waals surface area contributed by atoms with E-state index in [4.69, 9.17) is 4.74 Å². The Balaban J connectivity index is 1.78. The molecule has 1 fully saturated rings. The van der Waals surface area contributed by atoms with Crippen molar-refractivity contribution in [3.05, 3.63) is 36.0 Å². The molecule has 2 nitrogen and oxygen atoms in total. The van der Waals surface area contributed by atoms with Gasteiger partial charge in [-0.1, -0.05) is 18.2 Å². The van der Waals surface area contributed by atoms with Crippen LogP contribution in [0.2, 0.25) is 0 Å². The third kappa shape index (κ3) is 1.65. The lowest BCUT2D eigenvalue weighted by Crippen LogP contribution is -2.21. The molecule has 1 aromatic heterocycles. The zero-order valence-corrected chi connectivity index (χ0v) is 8.70. The molecule has 0 unspecified atom stereocenters.